The monoisotopic (exact) mass is 443 g/mol. The summed E-state index contributed by atoms with van der Waals surface area (Å²) in [6.07, 6.45) is 7.85. The number of benzene rings is 1. The van der Waals surface area contributed by atoms with Crippen LogP contribution in [0.3, 0.4) is 0 Å². The highest BCUT2D eigenvalue weighted by atomic mass is 16.5. The maximum absolute atomic E-state index is 12.8. The minimum atomic E-state index is -0.163. The summed E-state index contributed by atoms with van der Waals surface area (Å²) in [5.41, 5.74) is 3.59. The Hall–Kier alpha value is -3.49. The van der Waals surface area contributed by atoms with Crippen molar-refractivity contribution in [2.45, 2.75) is 43.6 Å². The van der Waals surface area contributed by atoms with Gasteiger partial charge in [0.1, 0.15) is 12.9 Å². The normalized spacial score (nSPS) is 24.3. The molecule has 3 aromatic heterocycles. The second-order valence-electron chi connectivity index (χ2n) is 9.84. The predicted octanol–water partition coefficient (Wildman–Crippen LogP) is 2.61. The first-order valence-corrected chi connectivity index (χ1v) is 11.7. The highest BCUT2D eigenvalue weighted by Crippen LogP contribution is 2.58. The summed E-state index contributed by atoms with van der Waals surface area (Å²) in [5.74, 6) is 2.54. The number of nitrogens with zero attached hydrogens (tertiary/aromatic N) is 7. The third kappa shape index (κ3) is 3.02. The smallest absolute Gasteiger partial charge is 0.280 e. The molecule has 9 nitrogen and oxygen atoms in total. The van der Waals surface area contributed by atoms with E-state index in [1.165, 1.54) is 35.0 Å². The number of fused-ring (bicyclic) bond motifs is 2. The van der Waals surface area contributed by atoms with Gasteiger partial charge in [-0.15, -0.1) is 0 Å². The van der Waals surface area contributed by atoms with Crippen molar-refractivity contribution in [2.75, 3.05) is 18.0 Å². The summed E-state index contributed by atoms with van der Waals surface area (Å²) in [7, 11) is 1.79. The van der Waals surface area contributed by atoms with Gasteiger partial charge in [-0.1, -0.05) is 17.3 Å². The van der Waals surface area contributed by atoms with Gasteiger partial charge < -0.3 is 14.0 Å². The molecule has 0 N–H and O–H groups in total. The molecule has 2 unspecified atom stereocenters. The van der Waals surface area contributed by atoms with E-state index in [0.717, 1.165) is 37.7 Å². The third-order valence-electron chi connectivity index (χ3n) is 7.70. The van der Waals surface area contributed by atoms with Crippen molar-refractivity contribution in [3.05, 3.63) is 64.6 Å². The summed E-state index contributed by atoms with van der Waals surface area (Å²) in [6.45, 7) is 2.23. The fourth-order valence-corrected chi connectivity index (χ4v) is 5.48. The first-order chi connectivity index (χ1) is 16.1. The summed E-state index contributed by atoms with van der Waals surface area (Å²) >= 11 is 0. The molecule has 7 rings (SSSR count). The molecule has 0 radical (unpaired) electrons. The van der Waals surface area contributed by atoms with Crippen LogP contribution in [-0.2, 0) is 19.0 Å². The van der Waals surface area contributed by atoms with Crippen LogP contribution < -0.4 is 10.5 Å². The van der Waals surface area contributed by atoms with E-state index in [1.807, 2.05) is 0 Å². The fraction of sp³-hybridized carbons (Fsp3) is 0.458. The van der Waals surface area contributed by atoms with Gasteiger partial charge in [0.15, 0.2) is 17.0 Å². The quantitative estimate of drug-likeness (QED) is 0.468. The molecule has 3 aliphatic rings. The second kappa shape index (κ2) is 6.76. The zero-order valence-electron chi connectivity index (χ0n) is 18.5. The second-order valence-corrected chi connectivity index (χ2v) is 9.84. The van der Waals surface area contributed by atoms with Gasteiger partial charge in [0.05, 0.1) is 6.33 Å². The molecule has 9 heteroatoms. The van der Waals surface area contributed by atoms with Crippen molar-refractivity contribution in [2.24, 2.45) is 13.0 Å². The lowest BCUT2D eigenvalue weighted by atomic mass is 9.94. The molecule has 2 atom stereocenters. The average molecular weight is 444 g/mol. The zero-order valence-corrected chi connectivity index (χ0v) is 18.5. The van der Waals surface area contributed by atoms with Crippen molar-refractivity contribution in [1.29, 1.82) is 0 Å². The van der Waals surface area contributed by atoms with Gasteiger partial charge in [-0.25, -0.2) is 9.97 Å². The SMILES string of the molecule is Cn1cnc2ncn(Cc3nc(C45CCN(c6cccc(C7CC7)c6)CC4C5)no3)c(=O)c21. The number of hydrogen-bond acceptors (Lipinski definition) is 7. The summed E-state index contributed by atoms with van der Waals surface area (Å²) in [5, 5.41) is 4.33. The van der Waals surface area contributed by atoms with Gasteiger partial charge in [-0.2, -0.15) is 4.98 Å². The van der Waals surface area contributed by atoms with E-state index in [0.29, 0.717) is 23.0 Å². The van der Waals surface area contributed by atoms with Crippen molar-refractivity contribution in [1.82, 2.24) is 29.2 Å². The first-order valence-electron chi connectivity index (χ1n) is 11.7. The van der Waals surface area contributed by atoms with Gasteiger partial charge in [-0.3, -0.25) is 9.36 Å². The Labute approximate surface area is 190 Å². The molecule has 4 aromatic rings. The van der Waals surface area contributed by atoms with Gasteiger partial charge in [-0.05, 0) is 55.2 Å². The van der Waals surface area contributed by atoms with Crippen molar-refractivity contribution in [3.63, 3.8) is 0 Å². The maximum Gasteiger partial charge on any atom is 0.280 e. The van der Waals surface area contributed by atoms with Crippen LogP contribution in [0, 0.1) is 5.92 Å². The number of aryl methyl sites for hydroxylation is 1. The molecule has 1 aliphatic heterocycles. The van der Waals surface area contributed by atoms with Crippen LogP contribution in [0.25, 0.3) is 11.2 Å². The molecule has 1 saturated heterocycles. The Morgan fingerprint density at radius 3 is 2.94 bits per heavy atom. The lowest BCUT2D eigenvalue weighted by Crippen LogP contribution is -2.36. The van der Waals surface area contributed by atoms with Crippen LogP contribution in [0.2, 0.25) is 0 Å². The Morgan fingerprint density at radius 1 is 1.21 bits per heavy atom. The van der Waals surface area contributed by atoms with E-state index in [-0.39, 0.29) is 17.5 Å². The summed E-state index contributed by atoms with van der Waals surface area (Å²) in [4.78, 5) is 28.4. The largest absolute Gasteiger partial charge is 0.371 e. The Balaban J connectivity index is 1.08. The molecule has 2 aliphatic carbocycles. The molecule has 2 saturated carbocycles. The molecular weight excluding hydrogens is 418 g/mol. The molecule has 0 bridgehead atoms. The van der Waals surface area contributed by atoms with E-state index < -0.39 is 0 Å². The molecule has 0 amide bonds. The zero-order chi connectivity index (χ0) is 22.2. The third-order valence-corrected chi connectivity index (χ3v) is 7.70. The van der Waals surface area contributed by atoms with Crippen LogP contribution >= 0.6 is 0 Å². The summed E-state index contributed by atoms with van der Waals surface area (Å²) in [6, 6.07) is 9.08. The molecule has 168 valence electrons. The molecule has 1 aromatic carbocycles. The van der Waals surface area contributed by atoms with Crippen molar-refractivity contribution < 1.29 is 4.52 Å². The van der Waals surface area contributed by atoms with Crippen LogP contribution in [0.5, 0.6) is 0 Å². The van der Waals surface area contributed by atoms with Crippen LogP contribution in [0.1, 0.15) is 48.9 Å². The molecule has 0 spiro atoms. The van der Waals surface area contributed by atoms with Gasteiger partial charge in [0, 0.05) is 31.2 Å². The van der Waals surface area contributed by atoms with E-state index in [2.05, 4.69) is 44.3 Å². The predicted molar refractivity (Wildman–Crippen MR) is 121 cm³/mol. The van der Waals surface area contributed by atoms with Crippen LogP contribution in [0.15, 0.2) is 46.2 Å². The number of piperidine rings is 1. The standard InChI is InChI=1S/C24H25N7O2/c1-29-13-25-21-20(29)22(32)31(14-26-21)12-19-27-23(28-33-19)24-7-8-30(11-17(24)10-24)18-4-2-3-16(9-18)15-5-6-15/h2-4,9,13-15,17H,5-8,10-12H2,1H3. The fourth-order valence-electron chi connectivity index (χ4n) is 5.48. The number of rotatable bonds is 5. The minimum Gasteiger partial charge on any atom is -0.371 e. The molecule has 33 heavy (non-hydrogen) atoms. The molecule has 4 heterocycles. The maximum atomic E-state index is 12.8. The average Bonchev–Trinajstić information content (AvgIpc) is 3.73. The Morgan fingerprint density at radius 2 is 2.09 bits per heavy atom. The van der Waals surface area contributed by atoms with E-state index in [4.69, 9.17) is 9.51 Å². The molecular formula is C24H25N7O2. The Bertz CT molecular complexity index is 1430. The number of imidazole rings is 1. The number of aromatic nitrogens is 6. The molecule has 3 fully saturated rings. The van der Waals surface area contributed by atoms with Gasteiger partial charge >= 0.3 is 0 Å². The lowest BCUT2D eigenvalue weighted by molar-refractivity contribution is 0.354. The Kier molecular flexibility index (Phi) is 3.89. The van der Waals surface area contributed by atoms with Crippen molar-refractivity contribution >= 4 is 16.9 Å². The lowest BCUT2D eigenvalue weighted by Gasteiger charge is -2.32. The van der Waals surface area contributed by atoms with Crippen LogP contribution in [0.4, 0.5) is 5.69 Å². The van der Waals surface area contributed by atoms with E-state index >= 15 is 0 Å². The van der Waals surface area contributed by atoms with Crippen molar-refractivity contribution in [3.8, 4) is 0 Å². The first kappa shape index (κ1) is 19.0. The van der Waals surface area contributed by atoms with E-state index in [9.17, 15) is 4.79 Å². The number of hydrogen-bond donors (Lipinski definition) is 0. The highest BCUT2D eigenvalue weighted by Gasteiger charge is 2.60. The summed E-state index contributed by atoms with van der Waals surface area (Å²) < 4.78 is 8.75. The topological polar surface area (TPSA) is 94.9 Å². The number of anilines is 1. The highest BCUT2D eigenvalue weighted by molar-refractivity contribution is 5.68. The van der Waals surface area contributed by atoms with Crippen LogP contribution in [-0.4, -0.2) is 42.3 Å². The van der Waals surface area contributed by atoms with Gasteiger partial charge in [0.2, 0.25) is 5.89 Å². The minimum absolute atomic E-state index is 0.0154. The van der Waals surface area contributed by atoms with E-state index in [1.54, 1.807) is 17.9 Å². The van der Waals surface area contributed by atoms with Gasteiger partial charge in [0.25, 0.3) is 5.56 Å².